The average Bonchev–Trinajstić information content (AvgIpc) is 2.34. The van der Waals surface area contributed by atoms with Gasteiger partial charge in [0, 0.05) is 20.5 Å². The molecule has 0 aliphatic carbocycles. The first-order valence-electron chi connectivity index (χ1n) is 5.19. The molecule has 0 aliphatic heterocycles. The third-order valence-electron chi connectivity index (χ3n) is 2.40. The van der Waals surface area contributed by atoms with Crippen molar-refractivity contribution in [3.8, 4) is 0 Å². The van der Waals surface area contributed by atoms with Crippen LogP contribution in [0.15, 0.2) is 45.3 Å². The van der Waals surface area contributed by atoms with E-state index in [1.807, 2.05) is 36.4 Å². The lowest BCUT2D eigenvalue weighted by Crippen LogP contribution is -2.00. The highest BCUT2D eigenvalue weighted by atomic mass is 79.9. The fourth-order valence-corrected chi connectivity index (χ4v) is 2.49. The van der Waals surface area contributed by atoms with E-state index in [1.165, 1.54) is 0 Å². The molecule has 2 aromatic rings. The van der Waals surface area contributed by atoms with E-state index in [4.69, 9.17) is 23.2 Å². The second-order valence-corrected chi connectivity index (χ2v) is 6.28. The number of anilines is 1. The third-order valence-corrected chi connectivity index (χ3v) is 4.55. The van der Waals surface area contributed by atoms with Gasteiger partial charge in [0.05, 0.1) is 10.7 Å². The molecular formula is C13H9Br2Cl2N. The van der Waals surface area contributed by atoms with Crippen molar-refractivity contribution in [3.63, 3.8) is 0 Å². The Labute approximate surface area is 133 Å². The Morgan fingerprint density at radius 2 is 1.67 bits per heavy atom. The van der Waals surface area contributed by atoms with Crippen LogP contribution in [0.25, 0.3) is 0 Å². The molecule has 0 fully saturated rings. The summed E-state index contributed by atoms with van der Waals surface area (Å²) in [5.74, 6) is 0. The van der Waals surface area contributed by atoms with E-state index in [1.54, 1.807) is 0 Å². The Morgan fingerprint density at radius 1 is 0.944 bits per heavy atom. The van der Waals surface area contributed by atoms with Gasteiger partial charge in [-0.25, -0.2) is 0 Å². The van der Waals surface area contributed by atoms with Crippen LogP contribution in [0.5, 0.6) is 0 Å². The molecule has 0 aliphatic rings. The predicted octanol–water partition coefficient (Wildman–Crippen LogP) is 6.13. The Balaban J connectivity index is 2.11. The summed E-state index contributed by atoms with van der Waals surface area (Å²) in [4.78, 5) is 0. The van der Waals surface area contributed by atoms with Gasteiger partial charge in [-0.2, -0.15) is 0 Å². The van der Waals surface area contributed by atoms with E-state index >= 15 is 0 Å². The standard InChI is InChI=1S/C13H9Br2Cl2N/c14-10-3-1-8(5-12(10)17)7-18-13-6-9(16)2-4-11(13)15/h1-6,18H,7H2. The summed E-state index contributed by atoms with van der Waals surface area (Å²) < 4.78 is 1.88. The van der Waals surface area contributed by atoms with Crippen molar-refractivity contribution in [2.75, 3.05) is 5.32 Å². The molecule has 1 nitrogen and oxygen atoms in total. The van der Waals surface area contributed by atoms with Gasteiger partial charge in [0.25, 0.3) is 0 Å². The Hall–Kier alpha value is -0.220. The van der Waals surface area contributed by atoms with Gasteiger partial charge >= 0.3 is 0 Å². The van der Waals surface area contributed by atoms with Crippen LogP contribution in [-0.2, 0) is 6.54 Å². The van der Waals surface area contributed by atoms with Crippen molar-refractivity contribution in [3.05, 3.63) is 61.0 Å². The monoisotopic (exact) mass is 407 g/mol. The SMILES string of the molecule is Clc1ccc(Br)c(NCc2ccc(Br)c(Cl)c2)c1. The Morgan fingerprint density at radius 3 is 2.39 bits per heavy atom. The quantitative estimate of drug-likeness (QED) is 0.642. The zero-order chi connectivity index (χ0) is 13.1. The van der Waals surface area contributed by atoms with Crippen LogP contribution in [-0.4, -0.2) is 0 Å². The summed E-state index contributed by atoms with van der Waals surface area (Å²) in [6.45, 7) is 0.686. The number of benzene rings is 2. The van der Waals surface area contributed by atoms with Gasteiger partial charge in [-0.05, 0) is 67.8 Å². The smallest absolute Gasteiger partial charge is 0.0551 e. The van der Waals surface area contributed by atoms with E-state index < -0.39 is 0 Å². The van der Waals surface area contributed by atoms with Crippen LogP contribution in [0.2, 0.25) is 10.0 Å². The second kappa shape index (κ2) is 6.29. The van der Waals surface area contributed by atoms with Crippen molar-refractivity contribution >= 4 is 60.7 Å². The molecule has 0 bridgehead atoms. The minimum absolute atomic E-state index is 0.686. The number of hydrogen-bond acceptors (Lipinski definition) is 1. The summed E-state index contributed by atoms with van der Waals surface area (Å²) in [6, 6.07) is 11.5. The maximum atomic E-state index is 6.05. The number of rotatable bonds is 3. The highest BCUT2D eigenvalue weighted by Crippen LogP contribution is 2.27. The number of nitrogens with one attached hydrogen (secondary N) is 1. The van der Waals surface area contributed by atoms with Crippen molar-refractivity contribution in [1.29, 1.82) is 0 Å². The first-order chi connectivity index (χ1) is 8.56. The topological polar surface area (TPSA) is 12.0 Å². The number of hydrogen-bond donors (Lipinski definition) is 1. The molecule has 5 heteroatoms. The molecule has 2 aromatic carbocycles. The van der Waals surface area contributed by atoms with Crippen molar-refractivity contribution in [2.24, 2.45) is 0 Å². The zero-order valence-electron chi connectivity index (χ0n) is 9.18. The Bertz CT molecular complexity index is 573. The van der Waals surface area contributed by atoms with Crippen molar-refractivity contribution in [2.45, 2.75) is 6.54 Å². The first kappa shape index (κ1) is 14.2. The average molecular weight is 410 g/mol. The highest BCUT2D eigenvalue weighted by Gasteiger charge is 2.02. The van der Waals surface area contributed by atoms with Crippen LogP contribution >= 0.6 is 55.1 Å². The van der Waals surface area contributed by atoms with Crippen molar-refractivity contribution in [1.82, 2.24) is 0 Å². The zero-order valence-corrected chi connectivity index (χ0v) is 13.9. The lowest BCUT2D eigenvalue weighted by molar-refractivity contribution is 1.14. The fraction of sp³-hybridized carbons (Fsp3) is 0.0769. The van der Waals surface area contributed by atoms with Gasteiger partial charge in [0.15, 0.2) is 0 Å². The fourth-order valence-electron chi connectivity index (χ4n) is 1.48. The maximum absolute atomic E-state index is 6.05. The van der Waals surface area contributed by atoms with Crippen LogP contribution in [0.4, 0.5) is 5.69 Å². The maximum Gasteiger partial charge on any atom is 0.0551 e. The lowest BCUT2D eigenvalue weighted by Gasteiger charge is -2.09. The predicted molar refractivity (Wildman–Crippen MR) is 85.6 cm³/mol. The molecule has 18 heavy (non-hydrogen) atoms. The van der Waals surface area contributed by atoms with Gasteiger partial charge < -0.3 is 5.32 Å². The minimum Gasteiger partial charge on any atom is -0.380 e. The van der Waals surface area contributed by atoms with Gasteiger partial charge in [-0.3, -0.25) is 0 Å². The molecular weight excluding hydrogens is 401 g/mol. The Kier molecular flexibility index (Phi) is 4.96. The molecule has 0 amide bonds. The van der Waals surface area contributed by atoms with Crippen LogP contribution in [0, 0.1) is 0 Å². The molecule has 0 aromatic heterocycles. The molecule has 94 valence electrons. The molecule has 0 heterocycles. The minimum atomic E-state index is 0.686. The molecule has 0 unspecified atom stereocenters. The molecule has 0 spiro atoms. The van der Waals surface area contributed by atoms with E-state index in [9.17, 15) is 0 Å². The van der Waals surface area contributed by atoms with E-state index in [-0.39, 0.29) is 0 Å². The third kappa shape index (κ3) is 3.64. The van der Waals surface area contributed by atoms with Gasteiger partial charge in [0.2, 0.25) is 0 Å². The van der Waals surface area contributed by atoms with Crippen molar-refractivity contribution < 1.29 is 0 Å². The number of halogens is 4. The van der Waals surface area contributed by atoms with E-state index in [0.717, 1.165) is 20.2 Å². The highest BCUT2D eigenvalue weighted by molar-refractivity contribution is 9.11. The van der Waals surface area contributed by atoms with Gasteiger partial charge in [-0.15, -0.1) is 0 Å². The summed E-state index contributed by atoms with van der Waals surface area (Å²) in [5, 5.41) is 4.72. The van der Waals surface area contributed by atoms with Crippen LogP contribution in [0.1, 0.15) is 5.56 Å². The second-order valence-electron chi connectivity index (χ2n) is 3.73. The first-order valence-corrected chi connectivity index (χ1v) is 7.53. The van der Waals surface area contributed by atoms with E-state index in [0.29, 0.717) is 16.6 Å². The lowest BCUT2D eigenvalue weighted by atomic mass is 10.2. The summed E-state index contributed by atoms with van der Waals surface area (Å²) in [7, 11) is 0. The normalized spacial score (nSPS) is 10.4. The molecule has 0 atom stereocenters. The molecule has 2 rings (SSSR count). The summed E-state index contributed by atoms with van der Waals surface area (Å²) in [5.41, 5.74) is 2.07. The molecule has 1 N–H and O–H groups in total. The molecule has 0 saturated heterocycles. The summed E-state index contributed by atoms with van der Waals surface area (Å²) in [6.07, 6.45) is 0. The summed E-state index contributed by atoms with van der Waals surface area (Å²) >= 11 is 18.8. The largest absolute Gasteiger partial charge is 0.380 e. The van der Waals surface area contributed by atoms with Crippen LogP contribution < -0.4 is 5.32 Å². The molecule has 0 radical (unpaired) electrons. The van der Waals surface area contributed by atoms with Gasteiger partial charge in [0.1, 0.15) is 0 Å². The van der Waals surface area contributed by atoms with E-state index in [2.05, 4.69) is 37.2 Å². The van der Waals surface area contributed by atoms with Gasteiger partial charge in [-0.1, -0.05) is 29.3 Å². The van der Waals surface area contributed by atoms with Crippen LogP contribution in [0.3, 0.4) is 0 Å². The molecule has 0 saturated carbocycles.